The highest BCUT2D eigenvalue weighted by molar-refractivity contribution is 6.05. The molecule has 0 saturated heterocycles. The van der Waals surface area contributed by atoms with Gasteiger partial charge in [-0.15, -0.1) is 0 Å². The third kappa shape index (κ3) is 2.67. The maximum absolute atomic E-state index is 12.4. The molecule has 94 valence electrons. The van der Waals surface area contributed by atoms with E-state index >= 15 is 0 Å². The van der Waals surface area contributed by atoms with E-state index in [0.29, 0.717) is 11.3 Å². The summed E-state index contributed by atoms with van der Waals surface area (Å²) in [7, 11) is 3.11. The van der Waals surface area contributed by atoms with Crippen molar-refractivity contribution in [1.82, 2.24) is 0 Å². The quantitative estimate of drug-likeness (QED) is 0.754. The van der Waals surface area contributed by atoms with Crippen LogP contribution < -0.4 is 4.74 Å². The Bertz CT molecular complexity index is 433. The van der Waals surface area contributed by atoms with Gasteiger partial charge in [0.15, 0.2) is 5.78 Å². The molecule has 0 aliphatic carbocycles. The molecule has 1 rings (SSSR count). The Hall–Kier alpha value is -1.35. The molecule has 0 amide bonds. The molecule has 0 spiro atoms. The number of benzene rings is 1. The van der Waals surface area contributed by atoms with Gasteiger partial charge in [-0.2, -0.15) is 0 Å². The lowest BCUT2D eigenvalue weighted by Crippen LogP contribution is -2.34. The van der Waals surface area contributed by atoms with Gasteiger partial charge in [0.2, 0.25) is 0 Å². The van der Waals surface area contributed by atoms with Crippen molar-refractivity contribution in [2.24, 2.45) is 0 Å². The van der Waals surface area contributed by atoms with Gasteiger partial charge in [0.1, 0.15) is 11.4 Å². The molecular weight excluding hydrogens is 216 g/mol. The Morgan fingerprint density at radius 1 is 1.18 bits per heavy atom. The minimum Gasteiger partial charge on any atom is -0.496 e. The first-order valence-corrected chi connectivity index (χ1v) is 5.58. The van der Waals surface area contributed by atoms with E-state index in [1.54, 1.807) is 21.0 Å². The van der Waals surface area contributed by atoms with Gasteiger partial charge in [0, 0.05) is 7.11 Å². The van der Waals surface area contributed by atoms with Crippen LogP contribution in [-0.4, -0.2) is 25.6 Å². The van der Waals surface area contributed by atoms with E-state index in [2.05, 4.69) is 0 Å². The summed E-state index contributed by atoms with van der Waals surface area (Å²) in [5.74, 6) is 0.548. The fourth-order valence-corrected chi connectivity index (χ4v) is 1.77. The summed E-state index contributed by atoms with van der Waals surface area (Å²) in [5.41, 5.74) is 1.75. The Morgan fingerprint density at radius 2 is 1.76 bits per heavy atom. The third-order valence-electron chi connectivity index (χ3n) is 2.95. The van der Waals surface area contributed by atoms with E-state index in [-0.39, 0.29) is 5.78 Å². The average molecular weight is 236 g/mol. The van der Waals surface area contributed by atoms with Crippen molar-refractivity contribution in [2.75, 3.05) is 14.2 Å². The van der Waals surface area contributed by atoms with Crippen LogP contribution in [0.2, 0.25) is 0 Å². The number of aryl methyl sites for hydroxylation is 2. The number of Topliss-reactive ketones (excluding diaryl/α,β-unsaturated/α-hetero) is 1. The molecule has 0 aliphatic heterocycles. The molecule has 0 fully saturated rings. The van der Waals surface area contributed by atoms with E-state index in [4.69, 9.17) is 9.47 Å². The average Bonchev–Trinajstić information content (AvgIpc) is 2.27. The van der Waals surface area contributed by atoms with Crippen molar-refractivity contribution >= 4 is 5.78 Å². The van der Waals surface area contributed by atoms with Crippen LogP contribution in [0.3, 0.4) is 0 Å². The predicted molar refractivity (Wildman–Crippen MR) is 67.9 cm³/mol. The second-order valence-corrected chi connectivity index (χ2v) is 4.70. The summed E-state index contributed by atoms with van der Waals surface area (Å²) >= 11 is 0. The van der Waals surface area contributed by atoms with Gasteiger partial charge in [-0.1, -0.05) is 6.07 Å². The van der Waals surface area contributed by atoms with Crippen LogP contribution in [0.4, 0.5) is 0 Å². The molecule has 0 atom stereocenters. The molecule has 0 aromatic heterocycles. The van der Waals surface area contributed by atoms with Crippen molar-refractivity contribution in [3.8, 4) is 5.75 Å². The number of carbonyl (C=O) groups is 1. The van der Waals surface area contributed by atoms with Gasteiger partial charge in [0.05, 0.1) is 12.7 Å². The molecule has 3 heteroatoms. The van der Waals surface area contributed by atoms with Crippen LogP contribution in [0.15, 0.2) is 12.1 Å². The summed E-state index contributed by atoms with van der Waals surface area (Å²) < 4.78 is 10.5. The molecule has 0 unspecified atom stereocenters. The first kappa shape index (κ1) is 13.7. The first-order chi connectivity index (χ1) is 7.83. The molecule has 0 aliphatic rings. The maximum Gasteiger partial charge on any atom is 0.198 e. The zero-order valence-electron chi connectivity index (χ0n) is 11.4. The van der Waals surface area contributed by atoms with E-state index in [1.807, 2.05) is 26.0 Å². The van der Waals surface area contributed by atoms with Crippen molar-refractivity contribution in [3.05, 3.63) is 28.8 Å². The predicted octanol–water partition coefficient (Wildman–Crippen LogP) is 2.92. The van der Waals surface area contributed by atoms with E-state index in [9.17, 15) is 4.79 Å². The Kier molecular flexibility index (Phi) is 3.94. The lowest BCUT2D eigenvalue weighted by molar-refractivity contribution is 0.0225. The van der Waals surface area contributed by atoms with Crippen molar-refractivity contribution in [2.45, 2.75) is 33.3 Å². The zero-order chi connectivity index (χ0) is 13.2. The van der Waals surface area contributed by atoms with Crippen LogP contribution in [-0.2, 0) is 4.74 Å². The van der Waals surface area contributed by atoms with Crippen LogP contribution >= 0.6 is 0 Å². The van der Waals surface area contributed by atoms with Gasteiger partial charge in [0.25, 0.3) is 0 Å². The van der Waals surface area contributed by atoms with Gasteiger partial charge in [-0.05, 0) is 44.9 Å². The molecule has 0 radical (unpaired) electrons. The number of hydrogen-bond acceptors (Lipinski definition) is 3. The van der Waals surface area contributed by atoms with Crippen LogP contribution in [0, 0.1) is 13.8 Å². The second-order valence-electron chi connectivity index (χ2n) is 4.70. The Labute approximate surface area is 103 Å². The number of ether oxygens (including phenoxy) is 2. The highest BCUT2D eigenvalue weighted by Crippen LogP contribution is 2.29. The SMILES string of the molecule is COc1cc(C)cc(C)c1C(=O)C(C)(C)OC. The summed E-state index contributed by atoms with van der Waals surface area (Å²) in [6, 6.07) is 3.84. The number of rotatable bonds is 4. The van der Waals surface area contributed by atoms with Crippen molar-refractivity contribution in [1.29, 1.82) is 0 Å². The Morgan fingerprint density at radius 3 is 2.24 bits per heavy atom. The molecule has 0 N–H and O–H groups in total. The van der Waals surface area contributed by atoms with E-state index in [0.717, 1.165) is 11.1 Å². The molecule has 0 saturated carbocycles. The number of methoxy groups -OCH3 is 2. The number of carbonyl (C=O) groups excluding carboxylic acids is 1. The van der Waals surface area contributed by atoms with Gasteiger partial charge in [-0.3, -0.25) is 4.79 Å². The Balaban J connectivity index is 3.36. The number of hydrogen-bond donors (Lipinski definition) is 0. The maximum atomic E-state index is 12.4. The van der Waals surface area contributed by atoms with Gasteiger partial charge in [-0.25, -0.2) is 0 Å². The lowest BCUT2D eigenvalue weighted by atomic mass is 9.91. The molecule has 0 heterocycles. The fourth-order valence-electron chi connectivity index (χ4n) is 1.77. The fraction of sp³-hybridized carbons (Fsp3) is 0.500. The third-order valence-corrected chi connectivity index (χ3v) is 2.95. The standard InChI is InChI=1S/C14H20O3/c1-9-7-10(2)12(11(8-9)16-5)13(15)14(3,4)17-6/h7-8H,1-6H3. The van der Waals surface area contributed by atoms with Crippen LogP contribution in [0.1, 0.15) is 35.3 Å². The minimum atomic E-state index is -0.840. The van der Waals surface area contributed by atoms with Crippen LogP contribution in [0.25, 0.3) is 0 Å². The molecule has 1 aromatic carbocycles. The minimum absolute atomic E-state index is 0.0608. The molecule has 3 nitrogen and oxygen atoms in total. The highest BCUT2D eigenvalue weighted by atomic mass is 16.5. The zero-order valence-corrected chi connectivity index (χ0v) is 11.4. The smallest absolute Gasteiger partial charge is 0.198 e. The number of ketones is 1. The molecular formula is C14H20O3. The molecule has 17 heavy (non-hydrogen) atoms. The highest BCUT2D eigenvalue weighted by Gasteiger charge is 2.31. The van der Waals surface area contributed by atoms with E-state index in [1.165, 1.54) is 7.11 Å². The van der Waals surface area contributed by atoms with E-state index < -0.39 is 5.60 Å². The summed E-state index contributed by atoms with van der Waals surface area (Å²) in [5, 5.41) is 0. The summed E-state index contributed by atoms with van der Waals surface area (Å²) in [4.78, 5) is 12.4. The lowest BCUT2D eigenvalue weighted by Gasteiger charge is -2.23. The van der Waals surface area contributed by atoms with Crippen LogP contribution in [0.5, 0.6) is 5.75 Å². The monoisotopic (exact) mass is 236 g/mol. The van der Waals surface area contributed by atoms with Gasteiger partial charge >= 0.3 is 0 Å². The largest absolute Gasteiger partial charge is 0.496 e. The second kappa shape index (κ2) is 4.88. The first-order valence-electron chi connectivity index (χ1n) is 5.58. The van der Waals surface area contributed by atoms with Gasteiger partial charge < -0.3 is 9.47 Å². The molecule has 0 bridgehead atoms. The molecule has 1 aromatic rings. The summed E-state index contributed by atoms with van der Waals surface area (Å²) in [6.07, 6.45) is 0. The van der Waals surface area contributed by atoms with Crippen molar-refractivity contribution < 1.29 is 14.3 Å². The topological polar surface area (TPSA) is 35.5 Å². The summed E-state index contributed by atoms with van der Waals surface area (Å²) in [6.45, 7) is 7.40. The van der Waals surface area contributed by atoms with Crippen molar-refractivity contribution in [3.63, 3.8) is 0 Å². The normalized spacial score (nSPS) is 11.4.